The average molecular weight is 351 g/mol. The summed E-state index contributed by atoms with van der Waals surface area (Å²) in [6.45, 7) is 2.08. The van der Waals surface area contributed by atoms with E-state index < -0.39 is 0 Å². The molecule has 1 aliphatic heterocycles. The fraction of sp³-hybridized carbons (Fsp3) is 0.300. The fourth-order valence-electron chi connectivity index (χ4n) is 3.19. The SMILES string of the molecule is C[C@@H]1NC2=CC(N/C=C(\C=N)C(=O)/C=C/[C@H]3CC=CC=C3N)=CC[C@@H]2N1. The number of allylic oxidation sites excluding steroid dienone is 7. The average Bonchev–Trinajstić information content (AvgIpc) is 3.00. The molecule has 1 heterocycles. The van der Waals surface area contributed by atoms with Gasteiger partial charge in [-0.2, -0.15) is 0 Å². The largest absolute Gasteiger partial charge is 0.402 e. The number of ketones is 1. The molecule has 6 heteroatoms. The maximum absolute atomic E-state index is 12.3. The van der Waals surface area contributed by atoms with Crippen molar-refractivity contribution in [3.05, 3.63) is 71.4 Å². The Morgan fingerprint density at radius 2 is 2.27 bits per heavy atom. The normalized spacial score (nSPS) is 28.0. The zero-order chi connectivity index (χ0) is 18.5. The van der Waals surface area contributed by atoms with Gasteiger partial charge in [0.25, 0.3) is 0 Å². The van der Waals surface area contributed by atoms with Crippen molar-refractivity contribution in [2.75, 3.05) is 0 Å². The molecule has 0 unspecified atom stereocenters. The van der Waals surface area contributed by atoms with Gasteiger partial charge in [0.2, 0.25) is 0 Å². The molecule has 2 aliphatic carbocycles. The molecule has 1 fully saturated rings. The predicted molar refractivity (Wildman–Crippen MR) is 104 cm³/mol. The molecule has 3 atom stereocenters. The second-order valence-electron chi connectivity index (χ2n) is 6.63. The van der Waals surface area contributed by atoms with Crippen LogP contribution in [0.3, 0.4) is 0 Å². The first kappa shape index (κ1) is 17.9. The molecule has 0 saturated carbocycles. The molecule has 26 heavy (non-hydrogen) atoms. The molecule has 0 aromatic rings. The van der Waals surface area contributed by atoms with Gasteiger partial charge >= 0.3 is 0 Å². The van der Waals surface area contributed by atoms with Crippen molar-refractivity contribution in [3.63, 3.8) is 0 Å². The summed E-state index contributed by atoms with van der Waals surface area (Å²) in [4.78, 5) is 12.3. The van der Waals surface area contributed by atoms with E-state index in [1.807, 2.05) is 24.3 Å². The quantitative estimate of drug-likeness (QED) is 0.370. The molecule has 0 spiro atoms. The molecular weight excluding hydrogens is 326 g/mol. The molecule has 3 rings (SSSR count). The van der Waals surface area contributed by atoms with Crippen LogP contribution < -0.4 is 21.7 Å². The number of hydrogen-bond acceptors (Lipinski definition) is 6. The number of nitrogens with two attached hydrogens (primary N) is 1. The molecule has 0 radical (unpaired) electrons. The summed E-state index contributed by atoms with van der Waals surface area (Å²) in [5.74, 6) is -0.180. The second-order valence-corrected chi connectivity index (χ2v) is 6.63. The van der Waals surface area contributed by atoms with Gasteiger partial charge in [0.15, 0.2) is 5.78 Å². The van der Waals surface area contributed by atoms with Crippen molar-refractivity contribution in [2.45, 2.75) is 32.0 Å². The minimum absolute atomic E-state index is 0.0366. The number of rotatable bonds is 6. The fourth-order valence-corrected chi connectivity index (χ4v) is 3.19. The van der Waals surface area contributed by atoms with Gasteiger partial charge in [0.05, 0.1) is 17.8 Å². The minimum Gasteiger partial charge on any atom is -0.402 e. The van der Waals surface area contributed by atoms with Crippen molar-refractivity contribution in [2.24, 2.45) is 11.7 Å². The van der Waals surface area contributed by atoms with Crippen LogP contribution in [0.2, 0.25) is 0 Å². The Labute approximate surface area is 153 Å². The van der Waals surface area contributed by atoms with Crippen LogP contribution in [0.15, 0.2) is 71.4 Å². The molecule has 0 amide bonds. The Balaban J connectivity index is 1.61. The van der Waals surface area contributed by atoms with Crippen molar-refractivity contribution < 1.29 is 4.79 Å². The summed E-state index contributed by atoms with van der Waals surface area (Å²) in [7, 11) is 0. The van der Waals surface area contributed by atoms with Crippen molar-refractivity contribution in [3.8, 4) is 0 Å². The smallest absolute Gasteiger partial charge is 0.188 e. The van der Waals surface area contributed by atoms with Gasteiger partial charge in [-0.1, -0.05) is 24.3 Å². The number of carbonyl (C=O) groups excluding carboxylic acids is 1. The van der Waals surface area contributed by atoms with E-state index in [1.54, 1.807) is 12.3 Å². The van der Waals surface area contributed by atoms with Crippen molar-refractivity contribution in [1.29, 1.82) is 5.41 Å². The van der Waals surface area contributed by atoms with E-state index in [1.165, 1.54) is 6.08 Å². The van der Waals surface area contributed by atoms with Gasteiger partial charge in [-0.25, -0.2) is 0 Å². The van der Waals surface area contributed by atoms with Crippen LogP contribution in [0.25, 0.3) is 0 Å². The number of hydrogen-bond donors (Lipinski definition) is 5. The highest BCUT2D eigenvalue weighted by Crippen LogP contribution is 2.20. The first-order chi connectivity index (χ1) is 12.6. The molecule has 6 N–H and O–H groups in total. The third kappa shape index (κ3) is 4.21. The van der Waals surface area contributed by atoms with Crippen molar-refractivity contribution in [1.82, 2.24) is 16.0 Å². The number of nitrogens with one attached hydrogen (secondary N) is 4. The van der Waals surface area contributed by atoms with Crippen LogP contribution in [-0.2, 0) is 4.79 Å². The second kappa shape index (κ2) is 8.01. The lowest BCUT2D eigenvalue weighted by atomic mass is 9.96. The maximum Gasteiger partial charge on any atom is 0.188 e. The number of carbonyl (C=O) groups is 1. The first-order valence-electron chi connectivity index (χ1n) is 8.83. The lowest BCUT2D eigenvalue weighted by Crippen LogP contribution is -2.30. The molecule has 136 valence electrons. The van der Waals surface area contributed by atoms with E-state index in [9.17, 15) is 4.79 Å². The monoisotopic (exact) mass is 351 g/mol. The van der Waals surface area contributed by atoms with Crippen LogP contribution in [0.5, 0.6) is 0 Å². The third-order valence-corrected chi connectivity index (χ3v) is 4.65. The van der Waals surface area contributed by atoms with Gasteiger partial charge in [-0.15, -0.1) is 0 Å². The summed E-state index contributed by atoms with van der Waals surface area (Å²) < 4.78 is 0. The zero-order valence-electron chi connectivity index (χ0n) is 14.8. The predicted octanol–water partition coefficient (Wildman–Crippen LogP) is 1.73. The van der Waals surface area contributed by atoms with Crippen molar-refractivity contribution >= 4 is 12.0 Å². The lowest BCUT2D eigenvalue weighted by molar-refractivity contribution is -0.110. The van der Waals surface area contributed by atoms with E-state index in [0.717, 1.165) is 36.1 Å². The molecule has 0 aromatic heterocycles. The molecular formula is C20H25N5O. The van der Waals surface area contributed by atoms with Gasteiger partial charge in [0, 0.05) is 35.4 Å². The third-order valence-electron chi connectivity index (χ3n) is 4.65. The van der Waals surface area contributed by atoms with Gasteiger partial charge in [0.1, 0.15) is 0 Å². The molecule has 3 aliphatic rings. The zero-order valence-corrected chi connectivity index (χ0v) is 14.8. The van der Waals surface area contributed by atoms with Crippen LogP contribution in [-0.4, -0.2) is 24.2 Å². The summed E-state index contributed by atoms with van der Waals surface area (Å²) in [6, 6.07) is 0.328. The highest BCUT2D eigenvalue weighted by atomic mass is 16.1. The van der Waals surface area contributed by atoms with Crippen LogP contribution >= 0.6 is 0 Å². The van der Waals surface area contributed by atoms with E-state index in [2.05, 4.69) is 29.0 Å². The van der Waals surface area contributed by atoms with E-state index in [4.69, 9.17) is 11.1 Å². The van der Waals surface area contributed by atoms with Crippen LogP contribution in [0.4, 0.5) is 0 Å². The summed E-state index contributed by atoms with van der Waals surface area (Å²) in [5, 5.41) is 17.5. The highest BCUT2D eigenvalue weighted by molar-refractivity contribution is 6.17. The Morgan fingerprint density at radius 3 is 3.04 bits per heavy atom. The van der Waals surface area contributed by atoms with Gasteiger partial charge < -0.3 is 21.8 Å². The Bertz CT molecular complexity index is 769. The summed E-state index contributed by atoms with van der Waals surface area (Å²) in [5.41, 5.74) is 9.03. The van der Waals surface area contributed by atoms with Crippen LogP contribution in [0, 0.1) is 11.3 Å². The Hall–Kier alpha value is -2.86. The van der Waals surface area contributed by atoms with Gasteiger partial charge in [-0.05, 0) is 38.0 Å². The Kier molecular flexibility index (Phi) is 5.53. The molecule has 0 bridgehead atoms. The topological polar surface area (TPSA) is 103 Å². The molecule has 6 nitrogen and oxygen atoms in total. The van der Waals surface area contributed by atoms with E-state index >= 15 is 0 Å². The summed E-state index contributed by atoms with van der Waals surface area (Å²) >= 11 is 0. The highest BCUT2D eigenvalue weighted by Gasteiger charge is 2.26. The first-order valence-corrected chi connectivity index (χ1v) is 8.83. The standard InChI is InChI=1S/C20H25N5O/c1-13-24-18-8-7-16(10-19(18)25-13)23-12-15(11-21)20(26)9-6-14-4-2-3-5-17(14)22/h2-3,5-7,9-14,18,21,23-25H,4,8,22H2,1H3/b9-6+,15-12+,21-11?/t13-,14+,18-/m0/s1. The number of fused-ring (bicyclic) bond motifs is 1. The molecule has 0 aromatic carbocycles. The van der Waals surface area contributed by atoms with Gasteiger partial charge in [-0.3, -0.25) is 10.1 Å². The maximum atomic E-state index is 12.3. The van der Waals surface area contributed by atoms with Crippen LogP contribution in [0.1, 0.15) is 19.8 Å². The van der Waals surface area contributed by atoms with E-state index in [0.29, 0.717) is 11.6 Å². The lowest BCUT2D eigenvalue weighted by Gasteiger charge is -2.16. The molecule has 1 saturated heterocycles. The minimum atomic E-state index is -0.217. The van der Waals surface area contributed by atoms with E-state index in [-0.39, 0.29) is 17.9 Å². The Morgan fingerprint density at radius 1 is 1.42 bits per heavy atom. The summed E-state index contributed by atoms with van der Waals surface area (Å²) in [6.07, 6.45) is 17.8.